The van der Waals surface area contributed by atoms with Gasteiger partial charge in [-0.25, -0.2) is 0 Å². The molecule has 0 radical (unpaired) electrons. The van der Waals surface area contributed by atoms with Gasteiger partial charge in [0.25, 0.3) is 0 Å². The quantitative estimate of drug-likeness (QED) is 0.537. The van der Waals surface area contributed by atoms with Gasteiger partial charge in [-0.2, -0.15) is 0 Å². The molecule has 4 nitrogen and oxygen atoms in total. The van der Waals surface area contributed by atoms with Crippen molar-refractivity contribution in [2.45, 2.75) is 6.92 Å². The molecule has 0 atom stereocenters. The molecule has 4 heteroatoms. The maximum atomic E-state index is 10.7. The Kier molecular flexibility index (Phi) is 4.81. The molecular weight excluding hydrogens is 144 g/mol. The summed E-state index contributed by atoms with van der Waals surface area (Å²) < 4.78 is 0. The van der Waals surface area contributed by atoms with E-state index in [-0.39, 0.29) is 18.4 Å². The number of amides is 2. The molecule has 0 saturated heterocycles. The van der Waals surface area contributed by atoms with Crippen molar-refractivity contribution in [3.05, 3.63) is 12.2 Å². The minimum atomic E-state index is -0.254. The van der Waals surface area contributed by atoms with Crippen LogP contribution in [0.2, 0.25) is 0 Å². The number of allylic oxidation sites excluding steroid dienone is 1. The van der Waals surface area contributed by atoms with Gasteiger partial charge in [0.05, 0.1) is 6.54 Å². The Balaban J connectivity index is 3.54. The van der Waals surface area contributed by atoms with Gasteiger partial charge in [0.1, 0.15) is 0 Å². The molecule has 0 heterocycles. The zero-order valence-electron chi connectivity index (χ0n) is 6.68. The number of carbonyl (C=O) groups excluding carboxylic acids is 2. The van der Waals surface area contributed by atoms with E-state index in [2.05, 4.69) is 10.6 Å². The van der Waals surface area contributed by atoms with Crippen LogP contribution in [0.4, 0.5) is 0 Å². The van der Waals surface area contributed by atoms with Gasteiger partial charge in [-0.1, -0.05) is 6.08 Å². The van der Waals surface area contributed by atoms with E-state index in [4.69, 9.17) is 0 Å². The predicted octanol–water partition coefficient (Wildman–Crippen LogP) is -0.575. The average molecular weight is 156 g/mol. The van der Waals surface area contributed by atoms with Crippen LogP contribution in [0.5, 0.6) is 0 Å². The van der Waals surface area contributed by atoms with E-state index in [9.17, 15) is 9.59 Å². The molecule has 2 amide bonds. The molecule has 0 bridgehead atoms. The van der Waals surface area contributed by atoms with Crippen LogP contribution >= 0.6 is 0 Å². The largest absolute Gasteiger partial charge is 0.358 e. The van der Waals surface area contributed by atoms with Crippen LogP contribution in [-0.2, 0) is 9.59 Å². The zero-order chi connectivity index (χ0) is 8.69. The van der Waals surface area contributed by atoms with Crippen molar-refractivity contribution in [1.29, 1.82) is 0 Å². The lowest BCUT2D eigenvalue weighted by Crippen LogP contribution is -2.34. The minimum Gasteiger partial charge on any atom is -0.358 e. The van der Waals surface area contributed by atoms with Crippen LogP contribution in [-0.4, -0.2) is 25.4 Å². The Bertz CT molecular complexity index is 175. The molecule has 0 aromatic carbocycles. The van der Waals surface area contributed by atoms with Crippen LogP contribution in [0.25, 0.3) is 0 Å². The Hall–Kier alpha value is -1.32. The normalized spacial score (nSPS) is 9.64. The number of carbonyl (C=O) groups is 2. The van der Waals surface area contributed by atoms with E-state index in [1.807, 2.05) is 0 Å². The summed E-state index contributed by atoms with van der Waals surface area (Å²) in [5.41, 5.74) is 0. The van der Waals surface area contributed by atoms with Crippen LogP contribution < -0.4 is 10.6 Å². The second kappa shape index (κ2) is 5.46. The van der Waals surface area contributed by atoms with Gasteiger partial charge in [-0.15, -0.1) is 0 Å². The molecule has 0 aliphatic carbocycles. The first-order valence-electron chi connectivity index (χ1n) is 3.31. The van der Waals surface area contributed by atoms with Gasteiger partial charge in [-0.3, -0.25) is 9.59 Å². The summed E-state index contributed by atoms with van der Waals surface area (Å²) >= 11 is 0. The maximum Gasteiger partial charge on any atom is 0.244 e. The number of likely N-dealkylation sites (N-methyl/N-ethyl adjacent to an activating group) is 1. The summed E-state index contributed by atoms with van der Waals surface area (Å²) in [7, 11) is 1.52. The van der Waals surface area contributed by atoms with Crippen molar-refractivity contribution in [1.82, 2.24) is 10.6 Å². The molecule has 0 spiro atoms. The van der Waals surface area contributed by atoms with E-state index < -0.39 is 0 Å². The first-order chi connectivity index (χ1) is 5.20. The fraction of sp³-hybridized carbons (Fsp3) is 0.429. The SMILES string of the molecule is CC=CC(=O)NCC(=O)NC. The summed E-state index contributed by atoms with van der Waals surface area (Å²) in [6, 6.07) is 0. The maximum absolute atomic E-state index is 10.7. The molecule has 0 aliphatic heterocycles. The van der Waals surface area contributed by atoms with Gasteiger partial charge in [0.2, 0.25) is 11.8 Å². The van der Waals surface area contributed by atoms with Crippen molar-refractivity contribution in [3.8, 4) is 0 Å². The average Bonchev–Trinajstić information content (AvgIpc) is 2.01. The van der Waals surface area contributed by atoms with Gasteiger partial charge >= 0.3 is 0 Å². The van der Waals surface area contributed by atoms with Crippen molar-refractivity contribution >= 4 is 11.8 Å². The molecule has 11 heavy (non-hydrogen) atoms. The highest BCUT2D eigenvalue weighted by molar-refractivity contribution is 5.90. The predicted molar refractivity (Wildman–Crippen MR) is 41.9 cm³/mol. The Morgan fingerprint density at radius 1 is 1.45 bits per heavy atom. The molecule has 0 aromatic heterocycles. The highest BCUT2D eigenvalue weighted by atomic mass is 16.2. The van der Waals surface area contributed by atoms with E-state index in [0.29, 0.717) is 0 Å². The van der Waals surface area contributed by atoms with Gasteiger partial charge in [0.15, 0.2) is 0 Å². The van der Waals surface area contributed by atoms with E-state index >= 15 is 0 Å². The van der Waals surface area contributed by atoms with Crippen LogP contribution in [0.1, 0.15) is 6.92 Å². The minimum absolute atomic E-state index is 0.0275. The summed E-state index contributed by atoms with van der Waals surface area (Å²) in [5.74, 6) is -0.459. The molecule has 0 saturated carbocycles. The van der Waals surface area contributed by atoms with Crippen LogP contribution in [0.15, 0.2) is 12.2 Å². The third-order valence-electron chi connectivity index (χ3n) is 1.02. The lowest BCUT2D eigenvalue weighted by atomic mass is 10.5. The molecule has 0 unspecified atom stereocenters. The topological polar surface area (TPSA) is 58.2 Å². The van der Waals surface area contributed by atoms with E-state index in [1.54, 1.807) is 13.0 Å². The van der Waals surface area contributed by atoms with E-state index in [0.717, 1.165) is 0 Å². The Morgan fingerprint density at radius 2 is 2.09 bits per heavy atom. The van der Waals surface area contributed by atoms with Crippen molar-refractivity contribution in [2.75, 3.05) is 13.6 Å². The Morgan fingerprint density at radius 3 is 2.55 bits per heavy atom. The third-order valence-corrected chi connectivity index (χ3v) is 1.02. The number of hydrogen-bond donors (Lipinski definition) is 2. The Labute approximate surface area is 65.7 Å². The standard InChI is InChI=1S/C7H12N2O2/c1-3-4-6(10)9-5-7(11)8-2/h3-4H,5H2,1-2H3,(H,8,11)(H,9,10). The molecular formula is C7H12N2O2. The highest BCUT2D eigenvalue weighted by Crippen LogP contribution is 1.70. The van der Waals surface area contributed by atoms with Crippen molar-refractivity contribution in [3.63, 3.8) is 0 Å². The van der Waals surface area contributed by atoms with Gasteiger partial charge < -0.3 is 10.6 Å². The fourth-order valence-electron chi connectivity index (χ4n) is 0.466. The number of nitrogens with one attached hydrogen (secondary N) is 2. The molecule has 2 N–H and O–H groups in total. The molecule has 0 fully saturated rings. The lowest BCUT2D eigenvalue weighted by molar-refractivity contribution is -0.123. The number of rotatable bonds is 3. The zero-order valence-corrected chi connectivity index (χ0v) is 6.68. The highest BCUT2D eigenvalue weighted by Gasteiger charge is 1.98. The monoisotopic (exact) mass is 156 g/mol. The van der Waals surface area contributed by atoms with Crippen molar-refractivity contribution in [2.24, 2.45) is 0 Å². The molecule has 0 aromatic rings. The van der Waals surface area contributed by atoms with Gasteiger partial charge in [-0.05, 0) is 13.0 Å². The first kappa shape index (κ1) is 9.68. The number of hydrogen-bond acceptors (Lipinski definition) is 2. The van der Waals surface area contributed by atoms with Crippen LogP contribution in [0, 0.1) is 0 Å². The fourth-order valence-corrected chi connectivity index (χ4v) is 0.466. The first-order valence-corrected chi connectivity index (χ1v) is 3.31. The van der Waals surface area contributed by atoms with E-state index in [1.165, 1.54) is 13.1 Å². The summed E-state index contributed by atoms with van der Waals surface area (Å²) in [4.78, 5) is 21.3. The van der Waals surface area contributed by atoms with Gasteiger partial charge in [0, 0.05) is 7.05 Å². The van der Waals surface area contributed by atoms with Crippen LogP contribution in [0.3, 0.4) is 0 Å². The summed E-state index contributed by atoms with van der Waals surface area (Å²) in [6.45, 7) is 1.76. The molecule has 62 valence electrons. The third kappa shape index (κ3) is 5.14. The lowest BCUT2D eigenvalue weighted by Gasteiger charge is -1.99. The second-order valence-electron chi connectivity index (χ2n) is 1.89. The summed E-state index contributed by atoms with van der Waals surface area (Å²) in [6.07, 6.45) is 2.97. The smallest absolute Gasteiger partial charge is 0.244 e. The molecule has 0 rings (SSSR count). The van der Waals surface area contributed by atoms with Crippen molar-refractivity contribution < 1.29 is 9.59 Å². The summed E-state index contributed by atoms with van der Waals surface area (Å²) in [5, 5.41) is 4.78. The second-order valence-corrected chi connectivity index (χ2v) is 1.89. The molecule has 0 aliphatic rings.